The van der Waals surface area contributed by atoms with Crippen molar-refractivity contribution in [2.45, 2.75) is 32.9 Å². The minimum atomic E-state index is 0.00998. The Labute approximate surface area is 114 Å². The van der Waals surface area contributed by atoms with E-state index in [2.05, 4.69) is 24.6 Å². The van der Waals surface area contributed by atoms with Crippen LogP contribution in [0.4, 0.5) is 0 Å². The highest BCUT2D eigenvalue weighted by Gasteiger charge is 2.34. The van der Waals surface area contributed by atoms with E-state index in [1.165, 1.54) is 0 Å². The van der Waals surface area contributed by atoms with Crippen LogP contribution in [0.3, 0.4) is 0 Å². The van der Waals surface area contributed by atoms with Crippen LogP contribution in [0.1, 0.15) is 25.8 Å². The summed E-state index contributed by atoms with van der Waals surface area (Å²) in [6.07, 6.45) is 0.887. The summed E-state index contributed by atoms with van der Waals surface area (Å²) in [7, 11) is 0. The molecule has 1 aliphatic heterocycles. The molecule has 1 saturated heterocycles. The van der Waals surface area contributed by atoms with E-state index in [1.807, 2.05) is 30.3 Å². The largest absolute Gasteiger partial charge is 0.354 e. The van der Waals surface area contributed by atoms with Crippen molar-refractivity contribution in [3.8, 4) is 0 Å². The molecule has 1 aliphatic rings. The van der Waals surface area contributed by atoms with Gasteiger partial charge in [-0.3, -0.25) is 9.63 Å². The Morgan fingerprint density at radius 2 is 2.11 bits per heavy atom. The molecule has 0 saturated carbocycles. The van der Waals surface area contributed by atoms with E-state index in [4.69, 9.17) is 4.84 Å². The third-order valence-corrected chi connectivity index (χ3v) is 3.36. The SMILES string of the molecule is CC(C)CC1C(=O)NCC1NOCc1ccccc1. The van der Waals surface area contributed by atoms with Crippen LogP contribution < -0.4 is 10.8 Å². The molecule has 4 heteroatoms. The number of hydrogen-bond acceptors (Lipinski definition) is 3. The van der Waals surface area contributed by atoms with Crippen molar-refractivity contribution in [1.82, 2.24) is 10.8 Å². The first-order valence-electron chi connectivity index (χ1n) is 6.85. The van der Waals surface area contributed by atoms with Gasteiger partial charge in [0.15, 0.2) is 0 Å². The lowest BCUT2D eigenvalue weighted by Gasteiger charge is -2.19. The van der Waals surface area contributed by atoms with Gasteiger partial charge in [-0.2, -0.15) is 5.48 Å². The molecule has 0 radical (unpaired) electrons. The van der Waals surface area contributed by atoms with Gasteiger partial charge in [0, 0.05) is 6.54 Å². The molecule has 1 heterocycles. The lowest BCUT2D eigenvalue weighted by atomic mass is 9.93. The molecule has 104 valence electrons. The molecule has 19 heavy (non-hydrogen) atoms. The van der Waals surface area contributed by atoms with E-state index in [9.17, 15) is 4.79 Å². The van der Waals surface area contributed by atoms with Gasteiger partial charge in [0.2, 0.25) is 5.91 Å². The lowest BCUT2D eigenvalue weighted by molar-refractivity contribution is -0.124. The van der Waals surface area contributed by atoms with Crippen LogP contribution in [0.25, 0.3) is 0 Å². The third kappa shape index (κ3) is 4.04. The Bertz CT molecular complexity index is 406. The summed E-state index contributed by atoms with van der Waals surface area (Å²) in [5.74, 6) is 0.651. The van der Waals surface area contributed by atoms with Gasteiger partial charge in [-0.05, 0) is 17.9 Å². The van der Waals surface area contributed by atoms with Crippen molar-refractivity contribution in [3.63, 3.8) is 0 Å². The fourth-order valence-electron chi connectivity index (χ4n) is 2.38. The summed E-state index contributed by atoms with van der Waals surface area (Å²) < 4.78 is 0. The molecule has 1 aromatic carbocycles. The first kappa shape index (κ1) is 14.0. The number of carbonyl (C=O) groups excluding carboxylic acids is 1. The number of hydroxylamine groups is 1. The van der Waals surface area contributed by atoms with Gasteiger partial charge < -0.3 is 5.32 Å². The second-order valence-corrected chi connectivity index (χ2v) is 5.48. The predicted molar refractivity (Wildman–Crippen MR) is 74.1 cm³/mol. The maximum Gasteiger partial charge on any atom is 0.224 e. The van der Waals surface area contributed by atoms with Gasteiger partial charge in [-0.15, -0.1) is 0 Å². The zero-order chi connectivity index (χ0) is 13.7. The molecule has 2 rings (SSSR count). The molecule has 0 aliphatic carbocycles. The van der Waals surface area contributed by atoms with Crippen molar-refractivity contribution >= 4 is 5.91 Å². The predicted octanol–water partition coefficient (Wildman–Crippen LogP) is 1.87. The summed E-state index contributed by atoms with van der Waals surface area (Å²) >= 11 is 0. The van der Waals surface area contributed by atoms with Crippen LogP contribution in [0.2, 0.25) is 0 Å². The highest BCUT2D eigenvalue weighted by Crippen LogP contribution is 2.20. The van der Waals surface area contributed by atoms with Gasteiger partial charge >= 0.3 is 0 Å². The summed E-state index contributed by atoms with van der Waals surface area (Å²) in [4.78, 5) is 17.3. The Morgan fingerprint density at radius 3 is 2.79 bits per heavy atom. The van der Waals surface area contributed by atoms with Gasteiger partial charge in [-0.1, -0.05) is 44.2 Å². The Kier molecular flexibility index (Phi) is 4.93. The fraction of sp³-hybridized carbons (Fsp3) is 0.533. The van der Waals surface area contributed by atoms with E-state index < -0.39 is 0 Å². The maximum absolute atomic E-state index is 11.7. The number of amides is 1. The lowest BCUT2D eigenvalue weighted by Crippen LogP contribution is -2.37. The summed E-state index contributed by atoms with van der Waals surface area (Å²) in [5.41, 5.74) is 4.15. The van der Waals surface area contributed by atoms with Gasteiger partial charge in [-0.25, -0.2) is 0 Å². The number of benzene rings is 1. The van der Waals surface area contributed by atoms with E-state index >= 15 is 0 Å². The van der Waals surface area contributed by atoms with Crippen LogP contribution >= 0.6 is 0 Å². The Balaban J connectivity index is 1.80. The van der Waals surface area contributed by atoms with Crippen molar-refractivity contribution in [2.24, 2.45) is 11.8 Å². The summed E-state index contributed by atoms with van der Waals surface area (Å²) in [5, 5.41) is 2.89. The molecule has 1 aromatic rings. The van der Waals surface area contributed by atoms with Gasteiger partial charge in [0.05, 0.1) is 18.6 Å². The molecule has 4 nitrogen and oxygen atoms in total. The molecule has 2 N–H and O–H groups in total. The topological polar surface area (TPSA) is 50.4 Å². The number of nitrogens with one attached hydrogen (secondary N) is 2. The van der Waals surface area contributed by atoms with Crippen LogP contribution in [0.15, 0.2) is 30.3 Å². The highest BCUT2D eigenvalue weighted by molar-refractivity contribution is 5.81. The molecular formula is C15H22N2O2. The average Bonchev–Trinajstić information content (AvgIpc) is 2.72. The van der Waals surface area contributed by atoms with E-state index in [1.54, 1.807) is 0 Å². The van der Waals surface area contributed by atoms with Crippen LogP contribution in [0, 0.1) is 11.8 Å². The normalized spacial score (nSPS) is 22.8. The smallest absolute Gasteiger partial charge is 0.224 e. The van der Waals surface area contributed by atoms with Gasteiger partial charge in [0.25, 0.3) is 0 Å². The summed E-state index contributed by atoms with van der Waals surface area (Å²) in [6, 6.07) is 10.1. The standard InChI is InChI=1S/C15H22N2O2/c1-11(2)8-13-14(9-16-15(13)18)17-19-10-12-6-4-3-5-7-12/h3-7,11,13-14,17H,8-10H2,1-2H3,(H,16,18). The maximum atomic E-state index is 11.7. The molecule has 2 atom stereocenters. The minimum absolute atomic E-state index is 0.00998. The van der Waals surface area contributed by atoms with Crippen LogP contribution in [0.5, 0.6) is 0 Å². The third-order valence-electron chi connectivity index (χ3n) is 3.36. The molecule has 0 spiro atoms. The summed E-state index contributed by atoms with van der Waals surface area (Å²) in [6.45, 7) is 5.42. The second-order valence-electron chi connectivity index (χ2n) is 5.48. The molecular weight excluding hydrogens is 240 g/mol. The molecule has 1 amide bonds. The van der Waals surface area contributed by atoms with E-state index in [-0.39, 0.29) is 17.9 Å². The van der Waals surface area contributed by atoms with Crippen molar-refractivity contribution in [1.29, 1.82) is 0 Å². The molecule has 0 aromatic heterocycles. The monoisotopic (exact) mass is 262 g/mol. The van der Waals surface area contributed by atoms with E-state index in [0.717, 1.165) is 12.0 Å². The Morgan fingerprint density at radius 1 is 1.37 bits per heavy atom. The average molecular weight is 262 g/mol. The quantitative estimate of drug-likeness (QED) is 0.769. The number of rotatable bonds is 6. The molecule has 2 unspecified atom stereocenters. The minimum Gasteiger partial charge on any atom is -0.354 e. The zero-order valence-corrected chi connectivity index (χ0v) is 11.6. The fourth-order valence-corrected chi connectivity index (χ4v) is 2.38. The zero-order valence-electron chi connectivity index (χ0n) is 11.6. The van der Waals surface area contributed by atoms with Crippen LogP contribution in [-0.4, -0.2) is 18.5 Å². The molecule has 0 bridgehead atoms. The van der Waals surface area contributed by atoms with Crippen molar-refractivity contribution in [3.05, 3.63) is 35.9 Å². The highest BCUT2D eigenvalue weighted by atomic mass is 16.6. The van der Waals surface area contributed by atoms with E-state index in [0.29, 0.717) is 19.1 Å². The first-order chi connectivity index (χ1) is 9.16. The Hall–Kier alpha value is -1.39. The first-order valence-corrected chi connectivity index (χ1v) is 6.85. The molecule has 1 fully saturated rings. The number of hydrogen-bond donors (Lipinski definition) is 2. The van der Waals surface area contributed by atoms with Gasteiger partial charge in [0.1, 0.15) is 0 Å². The van der Waals surface area contributed by atoms with Crippen LogP contribution in [-0.2, 0) is 16.2 Å². The van der Waals surface area contributed by atoms with Crippen molar-refractivity contribution < 1.29 is 9.63 Å². The number of carbonyl (C=O) groups is 1. The second kappa shape index (κ2) is 6.68. The van der Waals surface area contributed by atoms with Crippen molar-refractivity contribution in [2.75, 3.05) is 6.54 Å².